The monoisotopic (exact) mass is 414 g/mol. The molecule has 4 rings (SSSR count). The summed E-state index contributed by atoms with van der Waals surface area (Å²) in [6, 6.07) is 13.3. The lowest BCUT2D eigenvalue weighted by Gasteiger charge is -2.30. The Kier molecular flexibility index (Phi) is 6.52. The number of ketones is 1. The van der Waals surface area contributed by atoms with Crippen LogP contribution in [0.5, 0.6) is 17.2 Å². The molecule has 0 aromatic heterocycles. The molecule has 1 atom stereocenters. The molecule has 0 bridgehead atoms. The van der Waals surface area contributed by atoms with Gasteiger partial charge >= 0.3 is 0 Å². The van der Waals surface area contributed by atoms with Crippen molar-refractivity contribution < 1.29 is 33.9 Å². The number of Topliss-reactive ketones (excluding diaryl/α,β-unsaturated/α-hetero) is 1. The predicted molar refractivity (Wildman–Crippen MR) is 110 cm³/mol. The second-order valence-electron chi connectivity index (χ2n) is 8.12. The molecule has 1 fully saturated rings. The fourth-order valence-electron chi connectivity index (χ4n) is 4.07. The van der Waals surface area contributed by atoms with Gasteiger partial charge in [0.05, 0.1) is 0 Å². The van der Waals surface area contributed by atoms with Crippen LogP contribution in [0.1, 0.15) is 22.8 Å². The van der Waals surface area contributed by atoms with Gasteiger partial charge < -0.3 is 29.1 Å². The number of carbonyl (C=O) groups excluding carboxylic acids is 1. The summed E-state index contributed by atoms with van der Waals surface area (Å²) in [7, 11) is 0. The molecule has 0 saturated carbocycles. The number of aliphatic hydroxyl groups is 1. The fraction of sp³-hybridized carbons (Fsp3) is 0.435. The summed E-state index contributed by atoms with van der Waals surface area (Å²) in [5, 5.41) is 10.4. The SMILES string of the molecule is CC(=O)c1cccc(OC[C@@H](O)C[NH+]2CC[NH+](Cc3ccc4c(c3)OCO4)CC2)c1. The Hall–Kier alpha value is -2.61. The van der Waals surface area contributed by atoms with Crippen molar-refractivity contribution in [3.05, 3.63) is 53.6 Å². The number of hydrogen-bond acceptors (Lipinski definition) is 5. The Morgan fingerprint density at radius 2 is 1.83 bits per heavy atom. The zero-order valence-electron chi connectivity index (χ0n) is 17.4. The molecule has 0 spiro atoms. The van der Waals surface area contributed by atoms with E-state index in [2.05, 4.69) is 12.1 Å². The summed E-state index contributed by atoms with van der Waals surface area (Å²) in [5.74, 6) is 2.29. The number of rotatable bonds is 8. The molecule has 2 aliphatic rings. The summed E-state index contributed by atoms with van der Waals surface area (Å²) in [4.78, 5) is 14.4. The summed E-state index contributed by atoms with van der Waals surface area (Å²) in [6.07, 6.45) is -0.531. The van der Waals surface area contributed by atoms with Crippen molar-refractivity contribution >= 4 is 5.78 Å². The largest absolute Gasteiger partial charge is 0.491 e. The first-order valence-corrected chi connectivity index (χ1v) is 10.5. The normalized spacial score (nSPS) is 21.3. The third kappa shape index (κ3) is 5.30. The van der Waals surface area contributed by atoms with Crippen molar-refractivity contribution in [1.82, 2.24) is 0 Å². The molecule has 2 aliphatic heterocycles. The lowest BCUT2D eigenvalue weighted by molar-refractivity contribution is -1.02. The minimum atomic E-state index is -0.531. The maximum Gasteiger partial charge on any atom is 0.231 e. The Morgan fingerprint density at radius 3 is 2.63 bits per heavy atom. The molecule has 30 heavy (non-hydrogen) atoms. The van der Waals surface area contributed by atoms with Crippen molar-refractivity contribution in [3.63, 3.8) is 0 Å². The number of piperazine rings is 1. The van der Waals surface area contributed by atoms with Crippen LogP contribution in [0, 0.1) is 0 Å². The molecule has 160 valence electrons. The van der Waals surface area contributed by atoms with E-state index in [0.29, 0.717) is 24.7 Å². The van der Waals surface area contributed by atoms with Crippen molar-refractivity contribution in [1.29, 1.82) is 0 Å². The van der Waals surface area contributed by atoms with E-state index >= 15 is 0 Å². The Bertz CT molecular complexity index is 880. The Balaban J connectivity index is 1.19. The minimum absolute atomic E-state index is 0.00608. The molecular formula is C23H30N2O5+2. The zero-order chi connectivity index (χ0) is 20.9. The van der Waals surface area contributed by atoms with Gasteiger partial charge in [0, 0.05) is 11.1 Å². The molecule has 0 unspecified atom stereocenters. The van der Waals surface area contributed by atoms with Gasteiger partial charge in [-0.25, -0.2) is 0 Å². The highest BCUT2D eigenvalue weighted by Gasteiger charge is 2.26. The minimum Gasteiger partial charge on any atom is -0.491 e. The summed E-state index contributed by atoms with van der Waals surface area (Å²) in [5.41, 5.74) is 1.88. The van der Waals surface area contributed by atoms with Crippen LogP contribution in [0.25, 0.3) is 0 Å². The van der Waals surface area contributed by atoms with E-state index in [1.165, 1.54) is 17.4 Å². The van der Waals surface area contributed by atoms with Crippen molar-refractivity contribution in [2.45, 2.75) is 19.6 Å². The van der Waals surface area contributed by atoms with E-state index in [1.807, 2.05) is 12.1 Å². The quantitative estimate of drug-likeness (QED) is 0.501. The number of nitrogens with one attached hydrogen (secondary N) is 2. The smallest absolute Gasteiger partial charge is 0.231 e. The average Bonchev–Trinajstić information content (AvgIpc) is 3.22. The van der Waals surface area contributed by atoms with Gasteiger partial charge in [0.1, 0.15) is 57.7 Å². The molecule has 0 aliphatic carbocycles. The van der Waals surface area contributed by atoms with E-state index in [9.17, 15) is 9.90 Å². The maximum absolute atomic E-state index is 11.5. The van der Waals surface area contributed by atoms with Crippen molar-refractivity contribution in [2.24, 2.45) is 0 Å². The Morgan fingerprint density at radius 1 is 1.07 bits per heavy atom. The van der Waals surface area contributed by atoms with Crippen LogP contribution in [0.15, 0.2) is 42.5 Å². The third-order valence-electron chi connectivity index (χ3n) is 5.76. The van der Waals surface area contributed by atoms with Crippen LogP contribution in [-0.2, 0) is 6.54 Å². The van der Waals surface area contributed by atoms with Gasteiger partial charge in [-0.2, -0.15) is 0 Å². The zero-order valence-corrected chi connectivity index (χ0v) is 17.4. The van der Waals surface area contributed by atoms with Gasteiger partial charge in [0.15, 0.2) is 17.3 Å². The molecule has 0 amide bonds. The van der Waals surface area contributed by atoms with Crippen LogP contribution >= 0.6 is 0 Å². The second kappa shape index (κ2) is 9.47. The van der Waals surface area contributed by atoms with E-state index in [4.69, 9.17) is 14.2 Å². The Labute approximate surface area is 176 Å². The van der Waals surface area contributed by atoms with Crippen LogP contribution in [0.2, 0.25) is 0 Å². The lowest BCUT2D eigenvalue weighted by Crippen LogP contribution is -3.28. The second-order valence-corrected chi connectivity index (χ2v) is 8.12. The van der Waals surface area contributed by atoms with Crippen molar-refractivity contribution in [2.75, 3.05) is 46.1 Å². The maximum atomic E-state index is 11.5. The first kappa shape index (κ1) is 20.7. The van der Waals surface area contributed by atoms with Crippen LogP contribution < -0.4 is 24.0 Å². The van der Waals surface area contributed by atoms with Gasteiger partial charge in [0.2, 0.25) is 6.79 Å². The van der Waals surface area contributed by atoms with Gasteiger partial charge in [-0.1, -0.05) is 12.1 Å². The molecular weight excluding hydrogens is 384 g/mol. The highest BCUT2D eigenvalue weighted by molar-refractivity contribution is 5.94. The molecule has 7 heteroatoms. The summed E-state index contributed by atoms with van der Waals surface area (Å²) >= 11 is 0. The molecule has 2 aromatic carbocycles. The number of hydrogen-bond donors (Lipinski definition) is 3. The summed E-state index contributed by atoms with van der Waals surface area (Å²) < 4.78 is 16.5. The first-order valence-electron chi connectivity index (χ1n) is 10.5. The van der Waals surface area contributed by atoms with Gasteiger partial charge in [0.25, 0.3) is 0 Å². The molecule has 2 heterocycles. The number of ether oxygens (including phenoxy) is 3. The van der Waals surface area contributed by atoms with E-state index in [0.717, 1.165) is 44.2 Å². The number of aliphatic hydroxyl groups excluding tert-OH is 1. The van der Waals surface area contributed by atoms with Gasteiger partial charge in [-0.05, 0) is 37.3 Å². The van der Waals surface area contributed by atoms with Crippen molar-refractivity contribution in [3.8, 4) is 17.2 Å². The molecule has 3 N–H and O–H groups in total. The molecule has 2 aromatic rings. The third-order valence-corrected chi connectivity index (χ3v) is 5.76. The number of benzene rings is 2. The summed E-state index contributed by atoms with van der Waals surface area (Å²) in [6.45, 7) is 7.90. The van der Waals surface area contributed by atoms with Crippen LogP contribution in [-0.4, -0.2) is 63.1 Å². The van der Waals surface area contributed by atoms with E-state index < -0.39 is 6.10 Å². The topological polar surface area (TPSA) is 73.9 Å². The van der Waals surface area contributed by atoms with Gasteiger partial charge in [-0.3, -0.25) is 4.79 Å². The fourth-order valence-corrected chi connectivity index (χ4v) is 4.07. The lowest BCUT2D eigenvalue weighted by atomic mass is 10.1. The van der Waals surface area contributed by atoms with E-state index in [1.54, 1.807) is 23.1 Å². The standard InChI is InChI=1S/C23H28N2O5/c1-17(26)19-3-2-4-21(12-19)28-15-20(27)14-25-9-7-24(8-10-25)13-18-5-6-22-23(11-18)30-16-29-22/h2-6,11-12,20,27H,7-10,13-16H2,1H3/p+2/t20-/m0/s1. The number of carbonyl (C=O) groups is 1. The highest BCUT2D eigenvalue weighted by Crippen LogP contribution is 2.32. The molecule has 7 nitrogen and oxygen atoms in total. The number of quaternary nitrogens is 2. The van der Waals surface area contributed by atoms with E-state index in [-0.39, 0.29) is 12.4 Å². The predicted octanol–water partition coefficient (Wildman–Crippen LogP) is -0.659. The molecule has 0 radical (unpaired) electrons. The molecule has 1 saturated heterocycles. The number of fused-ring (bicyclic) bond motifs is 1. The average molecular weight is 415 g/mol. The van der Waals surface area contributed by atoms with Crippen LogP contribution in [0.4, 0.5) is 0 Å². The first-order chi connectivity index (χ1) is 14.6. The van der Waals surface area contributed by atoms with Gasteiger partial charge in [-0.15, -0.1) is 0 Å². The van der Waals surface area contributed by atoms with Crippen LogP contribution in [0.3, 0.4) is 0 Å². The highest BCUT2D eigenvalue weighted by atomic mass is 16.7.